The minimum atomic E-state index is -4.17. The maximum Gasteiger partial charge on any atom is 0.389 e. The summed E-state index contributed by atoms with van der Waals surface area (Å²) in [5, 5.41) is 11.8. The number of carbonyl (C=O) groups is 1. The summed E-state index contributed by atoms with van der Waals surface area (Å²) in [4.78, 5) is 12.0. The van der Waals surface area contributed by atoms with Gasteiger partial charge in [0.2, 0.25) is 0 Å². The number of amides is 1. The van der Waals surface area contributed by atoms with E-state index in [0.717, 1.165) is 0 Å². The van der Waals surface area contributed by atoms with Crippen molar-refractivity contribution in [3.8, 4) is 0 Å². The first-order valence-electron chi connectivity index (χ1n) is 7.13. The minimum Gasteiger partial charge on any atom is -0.396 e. The van der Waals surface area contributed by atoms with Crippen molar-refractivity contribution in [3.05, 3.63) is 47.5 Å². The van der Waals surface area contributed by atoms with Gasteiger partial charge in [0.25, 0.3) is 5.91 Å². The van der Waals surface area contributed by atoms with Crippen LogP contribution in [0.4, 0.5) is 13.2 Å². The van der Waals surface area contributed by atoms with E-state index in [4.69, 9.17) is 5.11 Å². The molecule has 120 valence electrons. The third kappa shape index (κ3) is 4.87. The van der Waals surface area contributed by atoms with Crippen LogP contribution in [0.15, 0.2) is 36.4 Å². The monoisotopic (exact) mass is 313 g/mol. The van der Waals surface area contributed by atoms with Crippen LogP contribution in [0.1, 0.15) is 28.8 Å². The van der Waals surface area contributed by atoms with Gasteiger partial charge in [-0.3, -0.25) is 4.79 Å². The Morgan fingerprint density at radius 2 is 1.91 bits per heavy atom. The van der Waals surface area contributed by atoms with Crippen LogP contribution in [0.5, 0.6) is 0 Å². The third-order valence-corrected chi connectivity index (χ3v) is 3.64. The zero-order chi connectivity index (χ0) is 16.2. The fourth-order valence-electron chi connectivity index (χ4n) is 2.38. The van der Waals surface area contributed by atoms with Gasteiger partial charge in [0.1, 0.15) is 0 Å². The van der Waals surface area contributed by atoms with Gasteiger partial charge in [-0.2, -0.15) is 13.2 Å². The molecule has 1 aromatic carbocycles. The molecule has 1 amide bonds. The molecular weight excluding hydrogens is 295 g/mol. The van der Waals surface area contributed by atoms with E-state index in [9.17, 15) is 18.0 Å². The molecule has 2 N–H and O–H groups in total. The van der Waals surface area contributed by atoms with E-state index in [-0.39, 0.29) is 30.9 Å². The first-order chi connectivity index (χ1) is 10.4. The molecule has 0 heterocycles. The summed E-state index contributed by atoms with van der Waals surface area (Å²) in [6.07, 6.45) is -0.759. The molecule has 0 fully saturated rings. The highest BCUT2D eigenvalue weighted by molar-refractivity contribution is 5.94. The molecule has 0 radical (unpaired) electrons. The first kappa shape index (κ1) is 16.5. The molecule has 0 aliphatic heterocycles. The van der Waals surface area contributed by atoms with Crippen LogP contribution in [-0.2, 0) is 6.42 Å². The number of carbonyl (C=O) groups excluding carboxylic acids is 1. The average molecular weight is 313 g/mol. The van der Waals surface area contributed by atoms with E-state index >= 15 is 0 Å². The number of aliphatic hydroxyl groups excluding tert-OH is 1. The molecule has 0 unspecified atom stereocenters. The summed E-state index contributed by atoms with van der Waals surface area (Å²) < 4.78 is 36.4. The Kier molecular flexibility index (Phi) is 5.24. The van der Waals surface area contributed by atoms with Gasteiger partial charge >= 0.3 is 6.18 Å². The van der Waals surface area contributed by atoms with Crippen LogP contribution in [0.25, 0.3) is 0 Å². The molecule has 0 bridgehead atoms. The number of aryl methyl sites for hydroxylation is 1. The summed E-state index contributed by atoms with van der Waals surface area (Å²) in [5.74, 6) is -0.203. The van der Waals surface area contributed by atoms with Crippen LogP contribution in [0.2, 0.25) is 0 Å². The fraction of sp³-hybridized carbons (Fsp3) is 0.438. The Balaban J connectivity index is 1.87. The van der Waals surface area contributed by atoms with Crippen molar-refractivity contribution in [3.63, 3.8) is 0 Å². The second-order valence-corrected chi connectivity index (χ2v) is 5.46. The number of alkyl halides is 3. The van der Waals surface area contributed by atoms with Gasteiger partial charge in [-0.1, -0.05) is 24.3 Å². The van der Waals surface area contributed by atoms with E-state index in [1.165, 1.54) is 12.1 Å². The number of hydrogen-bond donors (Lipinski definition) is 2. The van der Waals surface area contributed by atoms with Crippen molar-refractivity contribution in [2.24, 2.45) is 5.92 Å². The fourth-order valence-corrected chi connectivity index (χ4v) is 2.38. The number of aliphatic hydroxyl groups is 1. The molecule has 2 atom stereocenters. The summed E-state index contributed by atoms with van der Waals surface area (Å²) in [6, 6.07) is 6.03. The normalized spacial score (nSPS) is 21.1. The predicted octanol–water partition coefficient (Wildman–Crippen LogP) is 2.85. The highest BCUT2D eigenvalue weighted by atomic mass is 19.4. The number of rotatable bonds is 5. The molecule has 0 spiro atoms. The first-order valence-corrected chi connectivity index (χ1v) is 7.13. The van der Waals surface area contributed by atoms with Gasteiger partial charge in [0.15, 0.2) is 0 Å². The predicted molar refractivity (Wildman–Crippen MR) is 76.4 cm³/mol. The number of halogens is 3. The Hall–Kier alpha value is -1.82. The maximum absolute atomic E-state index is 12.1. The quantitative estimate of drug-likeness (QED) is 0.821. The highest BCUT2D eigenvalue weighted by Gasteiger charge is 2.26. The van der Waals surface area contributed by atoms with Gasteiger partial charge in [-0.05, 0) is 30.5 Å². The van der Waals surface area contributed by atoms with Crippen LogP contribution < -0.4 is 5.32 Å². The molecule has 0 aromatic heterocycles. The van der Waals surface area contributed by atoms with Crippen molar-refractivity contribution in [1.29, 1.82) is 0 Å². The molecular formula is C16H18F3NO2. The number of benzene rings is 1. The summed E-state index contributed by atoms with van der Waals surface area (Å²) in [5.41, 5.74) is 0.964. The van der Waals surface area contributed by atoms with E-state index in [0.29, 0.717) is 17.5 Å². The van der Waals surface area contributed by atoms with Gasteiger partial charge < -0.3 is 10.4 Å². The Labute approximate surface area is 126 Å². The highest BCUT2D eigenvalue weighted by Crippen LogP contribution is 2.22. The van der Waals surface area contributed by atoms with E-state index < -0.39 is 12.6 Å². The lowest BCUT2D eigenvalue weighted by atomic mass is 10.1. The summed E-state index contributed by atoms with van der Waals surface area (Å²) in [6.45, 7) is 0.0524. The van der Waals surface area contributed by atoms with Crippen LogP contribution in [0.3, 0.4) is 0 Å². The summed E-state index contributed by atoms with van der Waals surface area (Å²) in [7, 11) is 0. The van der Waals surface area contributed by atoms with Crippen molar-refractivity contribution in [2.45, 2.75) is 31.5 Å². The van der Waals surface area contributed by atoms with E-state index in [1.54, 1.807) is 12.1 Å². The van der Waals surface area contributed by atoms with Crippen LogP contribution >= 0.6 is 0 Å². The molecule has 1 aromatic rings. The topological polar surface area (TPSA) is 49.3 Å². The van der Waals surface area contributed by atoms with Gasteiger partial charge in [0.05, 0.1) is 0 Å². The molecule has 2 rings (SSSR count). The standard InChI is InChI=1S/C16H18F3NO2/c17-16(18,19)8-7-11-1-4-13(5-2-11)15(22)20-14-6-3-12(9-14)10-21/h1-6,12,14,21H,7-10H2,(H,20,22)/t12-,14+/m0/s1. The van der Waals surface area contributed by atoms with Gasteiger partial charge in [-0.15, -0.1) is 0 Å². The lowest BCUT2D eigenvalue weighted by Crippen LogP contribution is -2.32. The molecule has 1 aliphatic rings. The van der Waals surface area contributed by atoms with E-state index in [1.807, 2.05) is 12.2 Å². The molecule has 3 nitrogen and oxygen atoms in total. The maximum atomic E-state index is 12.1. The van der Waals surface area contributed by atoms with Crippen LogP contribution in [0, 0.1) is 5.92 Å². The third-order valence-electron chi connectivity index (χ3n) is 3.64. The Morgan fingerprint density at radius 3 is 2.45 bits per heavy atom. The van der Waals surface area contributed by atoms with Crippen molar-refractivity contribution < 1.29 is 23.1 Å². The van der Waals surface area contributed by atoms with Crippen molar-refractivity contribution in [1.82, 2.24) is 5.32 Å². The second kappa shape index (κ2) is 6.96. The smallest absolute Gasteiger partial charge is 0.389 e. The number of hydrogen-bond acceptors (Lipinski definition) is 2. The Bertz CT molecular complexity index is 537. The molecule has 1 aliphatic carbocycles. The van der Waals surface area contributed by atoms with Crippen molar-refractivity contribution >= 4 is 5.91 Å². The minimum absolute atomic E-state index is 0.0524. The zero-order valence-corrected chi connectivity index (χ0v) is 11.9. The Morgan fingerprint density at radius 1 is 1.23 bits per heavy atom. The summed E-state index contributed by atoms with van der Waals surface area (Å²) >= 11 is 0. The SMILES string of the molecule is O=C(N[C@@H]1C=C[C@H](CO)C1)c1ccc(CCC(F)(F)F)cc1. The lowest BCUT2D eigenvalue weighted by Gasteiger charge is -2.13. The second-order valence-electron chi connectivity index (χ2n) is 5.46. The average Bonchev–Trinajstić information content (AvgIpc) is 2.92. The molecule has 6 heteroatoms. The number of nitrogens with one attached hydrogen (secondary N) is 1. The van der Waals surface area contributed by atoms with Gasteiger partial charge in [-0.25, -0.2) is 0 Å². The van der Waals surface area contributed by atoms with Crippen LogP contribution in [-0.4, -0.2) is 29.8 Å². The zero-order valence-electron chi connectivity index (χ0n) is 11.9. The molecule has 0 saturated heterocycles. The molecule has 22 heavy (non-hydrogen) atoms. The lowest BCUT2D eigenvalue weighted by molar-refractivity contribution is -0.134. The van der Waals surface area contributed by atoms with E-state index in [2.05, 4.69) is 5.32 Å². The molecule has 0 saturated carbocycles. The van der Waals surface area contributed by atoms with Crippen molar-refractivity contribution in [2.75, 3.05) is 6.61 Å². The van der Waals surface area contributed by atoms with Gasteiger partial charge in [0, 0.05) is 30.6 Å². The largest absolute Gasteiger partial charge is 0.396 e.